The van der Waals surface area contributed by atoms with E-state index in [2.05, 4.69) is 11.4 Å². The molecule has 21 heavy (non-hydrogen) atoms. The summed E-state index contributed by atoms with van der Waals surface area (Å²) >= 11 is 1.46. The van der Waals surface area contributed by atoms with Gasteiger partial charge in [-0.3, -0.25) is 4.79 Å². The number of benzene rings is 2. The second-order valence-electron chi connectivity index (χ2n) is 5.20. The van der Waals surface area contributed by atoms with Gasteiger partial charge in [-0.2, -0.15) is 0 Å². The van der Waals surface area contributed by atoms with Crippen LogP contribution in [0.15, 0.2) is 41.3 Å². The zero-order valence-corrected chi connectivity index (χ0v) is 13.4. The molecule has 0 aliphatic carbocycles. The van der Waals surface area contributed by atoms with Crippen molar-refractivity contribution in [1.29, 1.82) is 0 Å². The van der Waals surface area contributed by atoms with Crippen molar-refractivity contribution in [3.63, 3.8) is 0 Å². The highest BCUT2D eigenvalue weighted by molar-refractivity contribution is 8.00. The molecule has 1 amide bonds. The zero-order chi connectivity index (χ0) is 15.4. The molecule has 0 unspecified atom stereocenters. The van der Waals surface area contributed by atoms with E-state index >= 15 is 0 Å². The van der Waals surface area contributed by atoms with Gasteiger partial charge in [-0.25, -0.2) is 0 Å². The molecular formula is C17H20N2OS. The van der Waals surface area contributed by atoms with E-state index in [1.165, 1.54) is 17.3 Å². The second kappa shape index (κ2) is 6.68. The number of thioether (sulfide) groups is 1. The summed E-state index contributed by atoms with van der Waals surface area (Å²) in [5.74, 6) is 0.326. The van der Waals surface area contributed by atoms with Gasteiger partial charge in [0.15, 0.2) is 0 Å². The first-order valence-electron chi connectivity index (χ1n) is 6.82. The standard InChI is InChI=1S/C17H20N2OS/c1-11-4-6-15(13(3)8-11)19-17(20)10-21-16-7-5-12(2)9-14(16)18/h4-9H,10,18H2,1-3H3,(H,19,20). The number of carbonyl (C=O) groups is 1. The summed E-state index contributed by atoms with van der Waals surface area (Å²) in [6.45, 7) is 6.03. The predicted octanol–water partition coefficient (Wildman–Crippen LogP) is 3.92. The Kier molecular flexibility index (Phi) is 4.91. The minimum Gasteiger partial charge on any atom is -0.398 e. The first-order chi connectivity index (χ1) is 9.95. The summed E-state index contributed by atoms with van der Waals surface area (Å²) in [6, 6.07) is 11.9. The average Bonchev–Trinajstić information content (AvgIpc) is 2.41. The molecule has 2 rings (SSSR count). The van der Waals surface area contributed by atoms with Gasteiger partial charge in [-0.1, -0.05) is 23.8 Å². The lowest BCUT2D eigenvalue weighted by molar-refractivity contribution is -0.113. The predicted molar refractivity (Wildman–Crippen MR) is 90.9 cm³/mol. The van der Waals surface area contributed by atoms with Crippen molar-refractivity contribution in [2.45, 2.75) is 25.7 Å². The van der Waals surface area contributed by atoms with Gasteiger partial charge in [0.1, 0.15) is 0 Å². The first-order valence-corrected chi connectivity index (χ1v) is 7.80. The van der Waals surface area contributed by atoms with E-state index in [1.54, 1.807) is 0 Å². The Morgan fingerprint density at radius 1 is 1.10 bits per heavy atom. The number of anilines is 2. The van der Waals surface area contributed by atoms with E-state index in [1.807, 2.05) is 51.1 Å². The summed E-state index contributed by atoms with van der Waals surface area (Å²) < 4.78 is 0. The van der Waals surface area contributed by atoms with Crippen molar-refractivity contribution in [2.75, 3.05) is 16.8 Å². The largest absolute Gasteiger partial charge is 0.398 e. The van der Waals surface area contributed by atoms with Gasteiger partial charge >= 0.3 is 0 Å². The topological polar surface area (TPSA) is 55.1 Å². The molecule has 0 aliphatic rings. The zero-order valence-electron chi connectivity index (χ0n) is 12.6. The quantitative estimate of drug-likeness (QED) is 0.664. The fourth-order valence-electron chi connectivity index (χ4n) is 2.08. The van der Waals surface area contributed by atoms with E-state index in [9.17, 15) is 4.79 Å². The highest BCUT2D eigenvalue weighted by Crippen LogP contribution is 2.26. The lowest BCUT2D eigenvalue weighted by Crippen LogP contribution is -2.15. The molecule has 0 saturated heterocycles. The van der Waals surface area contributed by atoms with Crippen LogP contribution >= 0.6 is 11.8 Å². The van der Waals surface area contributed by atoms with E-state index in [0.29, 0.717) is 5.75 Å². The Labute approximate surface area is 129 Å². The van der Waals surface area contributed by atoms with Crippen molar-refractivity contribution in [3.05, 3.63) is 53.1 Å². The molecule has 0 aromatic heterocycles. The Bertz CT molecular complexity index is 668. The monoisotopic (exact) mass is 300 g/mol. The number of nitrogens with two attached hydrogens (primary N) is 1. The maximum Gasteiger partial charge on any atom is 0.234 e. The van der Waals surface area contributed by atoms with Gasteiger partial charge in [0.2, 0.25) is 5.91 Å². The number of nitrogens with one attached hydrogen (secondary N) is 1. The highest BCUT2D eigenvalue weighted by Gasteiger charge is 2.07. The number of rotatable bonds is 4. The minimum absolute atomic E-state index is 0.0214. The molecule has 0 saturated carbocycles. The molecule has 0 spiro atoms. The molecule has 0 radical (unpaired) electrons. The third kappa shape index (κ3) is 4.26. The summed E-state index contributed by atoms with van der Waals surface area (Å²) in [4.78, 5) is 13.0. The molecule has 0 fully saturated rings. The van der Waals surface area contributed by atoms with Crippen LogP contribution < -0.4 is 11.1 Å². The van der Waals surface area contributed by atoms with Crippen LogP contribution in [0.2, 0.25) is 0 Å². The summed E-state index contributed by atoms with van der Waals surface area (Å²) in [6.07, 6.45) is 0. The van der Waals surface area contributed by atoms with Crippen molar-refractivity contribution in [3.8, 4) is 0 Å². The van der Waals surface area contributed by atoms with Crippen LogP contribution in [0.5, 0.6) is 0 Å². The van der Waals surface area contributed by atoms with Gasteiger partial charge < -0.3 is 11.1 Å². The van der Waals surface area contributed by atoms with Crippen molar-refractivity contribution >= 4 is 29.0 Å². The number of hydrogen-bond donors (Lipinski definition) is 2. The molecule has 0 atom stereocenters. The number of carbonyl (C=O) groups excluding carboxylic acids is 1. The van der Waals surface area contributed by atoms with E-state index in [4.69, 9.17) is 5.73 Å². The maximum absolute atomic E-state index is 12.0. The van der Waals surface area contributed by atoms with Crippen molar-refractivity contribution in [1.82, 2.24) is 0 Å². The van der Waals surface area contributed by atoms with Crippen LogP contribution in [0.3, 0.4) is 0 Å². The molecule has 3 nitrogen and oxygen atoms in total. The molecular weight excluding hydrogens is 280 g/mol. The van der Waals surface area contributed by atoms with E-state index in [-0.39, 0.29) is 5.91 Å². The number of hydrogen-bond acceptors (Lipinski definition) is 3. The Morgan fingerprint density at radius 3 is 2.43 bits per heavy atom. The van der Waals surface area contributed by atoms with Crippen LogP contribution in [0, 0.1) is 20.8 Å². The van der Waals surface area contributed by atoms with Crippen LogP contribution in [0.4, 0.5) is 11.4 Å². The molecule has 0 aliphatic heterocycles. The normalized spacial score (nSPS) is 10.4. The number of nitrogen functional groups attached to an aromatic ring is 1. The van der Waals surface area contributed by atoms with Crippen LogP contribution in [-0.2, 0) is 4.79 Å². The molecule has 0 heterocycles. The van der Waals surface area contributed by atoms with Gasteiger partial charge in [-0.05, 0) is 50.1 Å². The van der Waals surface area contributed by atoms with Crippen molar-refractivity contribution in [2.24, 2.45) is 0 Å². The van der Waals surface area contributed by atoms with E-state index in [0.717, 1.165) is 27.4 Å². The Morgan fingerprint density at radius 2 is 1.76 bits per heavy atom. The SMILES string of the molecule is Cc1ccc(NC(=O)CSc2ccc(C)cc2N)c(C)c1. The summed E-state index contributed by atoms with van der Waals surface area (Å²) in [5.41, 5.74) is 10.9. The smallest absolute Gasteiger partial charge is 0.234 e. The number of aryl methyl sites for hydroxylation is 3. The molecule has 110 valence electrons. The van der Waals surface area contributed by atoms with E-state index < -0.39 is 0 Å². The fraction of sp³-hybridized carbons (Fsp3) is 0.235. The van der Waals surface area contributed by atoms with Crippen LogP contribution in [0.1, 0.15) is 16.7 Å². The lowest BCUT2D eigenvalue weighted by Gasteiger charge is -2.10. The molecule has 3 N–H and O–H groups in total. The van der Waals surface area contributed by atoms with Crippen LogP contribution in [-0.4, -0.2) is 11.7 Å². The molecule has 2 aromatic carbocycles. The Balaban J connectivity index is 1.96. The first kappa shape index (κ1) is 15.4. The van der Waals surface area contributed by atoms with Gasteiger partial charge in [0.05, 0.1) is 5.75 Å². The highest BCUT2D eigenvalue weighted by atomic mass is 32.2. The molecule has 0 bridgehead atoms. The van der Waals surface area contributed by atoms with Gasteiger partial charge in [0, 0.05) is 16.3 Å². The van der Waals surface area contributed by atoms with Crippen LogP contribution in [0.25, 0.3) is 0 Å². The number of amides is 1. The minimum atomic E-state index is -0.0214. The summed E-state index contributed by atoms with van der Waals surface area (Å²) in [5, 5.41) is 2.94. The fourth-order valence-corrected chi connectivity index (χ4v) is 2.83. The third-order valence-electron chi connectivity index (χ3n) is 3.18. The third-order valence-corrected chi connectivity index (χ3v) is 4.27. The Hall–Kier alpha value is -1.94. The molecule has 2 aromatic rings. The maximum atomic E-state index is 12.0. The lowest BCUT2D eigenvalue weighted by atomic mass is 10.1. The van der Waals surface area contributed by atoms with Crippen molar-refractivity contribution < 1.29 is 4.79 Å². The van der Waals surface area contributed by atoms with Gasteiger partial charge in [0.25, 0.3) is 0 Å². The van der Waals surface area contributed by atoms with Gasteiger partial charge in [-0.15, -0.1) is 11.8 Å². The average molecular weight is 300 g/mol. The summed E-state index contributed by atoms with van der Waals surface area (Å²) in [7, 11) is 0. The molecule has 4 heteroatoms. The second-order valence-corrected chi connectivity index (χ2v) is 6.21.